The Hall–Kier alpha value is -5.11. The highest BCUT2D eigenvalue weighted by Gasteiger charge is 2.37. The van der Waals surface area contributed by atoms with Crippen molar-refractivity contribution in [2.75, 3.05) is 0 Å². The van der Waals surface area contributed by atoms with Crippen LogP contribution >= 0.6 is 0 Å². The Labute approximate surface area is 214 Å². The van der Waals surface area contributed by atoms with E-state index in [9.17, 15) is 39.7 Å². The molecule has 1 amide bonds. The molecular weight excluding hydrogens is 504 g/mol. The third-order valence-corrected chi connectivity index (χ3v) is 5.45. The van der Waals surface area contributed by atoms with Crippen LogP contribution in [0.25, 0.3) is 10.8 Å². The molecule has 3 aromatic carbocycles. The molecule has 38 heavy (non-hydrogen) atoms. The molecule has 0 aliphatic heterocycles. The maximum Gasteiger partial charge on any atom is 0.343 e. The number of carboxylic acids is 2. The van der Waals surface area contributed by atoms with E-state index >= 15 is 0 Å². The van der Waals surface area contributed by atoms with Crippen molar-refractivity contribution in [1.82, 2.24) is 0 Å². The van der Waals surface area contributed by atoms with Gasteiger partial charge in [0.05, 0.1) is 15.9 Å². The average Bonchev–Trinajstić information content (AvgIpc) is 2.84. The summed E-state index contributed by atoms with van der Waals surface area (Å²) >= 11 is 0. The maximum absolute atomic E-state index is 11.7. The number of nitro benzene ring substituents is 2. The van der Waals surface area contributed by atoms with Crippen molar-refractivity contribution in [2.24, 2.45) is 11.5 Å². The topological polar surface area (TPSA) is 239 Å². The molecule has 0 saturated carbocycles. The molecule has 0 bridgehead atoms. The van der Waals surface area contributed by atoms with E-state index in [1.54, 1.807) is 24.3 Å². The number of aromatic carboxylic acids is 1. The fourth-order valence-corrected chi connectivity index (χ4v) is 3.59. The molecule has 0 fully saturated rings. The third kappa shape index (κ3) is 6.55. The van der Waals surface area contributed by atoms with Crippen LogP contribution in [0.15, 0.2) is 42.5 Å². The second-order valence-corrected chi connectivity index (χ2v) is 7.99. The highest BCUT2D eigenvalue weighted by molar-refractivity contribution is 5.97. The second-order valence-electron chi connectivity index (χ2n) is 7.99. The van der Waals surface area contributed by atoms with Crippen molar-refractivity contribution < 1.29 is 39.2 Å². The van der Waals surface area contributed by atoms with Crippen LogP contribution in [0.3, 0.4) is 0 Å². The number of nitrogens with zero attached hydrogens (tertiary/aromatic N) is 2. The van der Waals surface area contributed by atoms with Crippen LogP contribution in [0, 0.1) is 34.1 Å². The molecule has 1 atom stereocenters. The third-order valence-electron chi connectivity index (χ3n) is 5.45. The first-order valence-corrected chi connectivity index (χ1v) is 10.9. The number of amides is 1. The average molecular weight is 528 g/mol. The van der Waals surface area contributed by atoms with E-state index in [-0.39, 0.29) is 35.5 Å². The smallest absolute Gasteiger partial charge is 0.343 e. The molecule has 0 spiro atoms. The predicted molar refractivity (Wildman–Crippen MR) is 134 cm³/mol. The van der Waals surface area contributed by atoms with Crippen LogP contribution in [0.2, 0.25) is 0 Å². The zero-order chi connectivity index (χ0) is 28.7. The Kier molecular flexibility index (Phi) is 9.37. The summed E-state index contributed by atoms with van der Waals surface area (Å²) in [6.45, 7) is 2.39. The number of rotatable bonds is 9. The Bertz CT molecular complexity index is 1430. The summed E-state index contributed by atoms with van der Waals surface area (Å²) in [7, 11) is 0. The lowest BCUT2D eigenvalue weighted by Gasteiger charge is -2.15. The van der Waals surface area contributed by atoms with E-state index in [1.807, 2.05) is 18.2 Å². The van der Waals surface area contributed by atoms with Gasteiger partial charge < -0.3 is 26.4 Å². The van der Waals surface area contributed by atoms with Gasteiger partial charge in [-0.25, -0.2) is 4.79 Å². The number of hydrogen-bond acceptors (Lipinski definition) is 9. The van der Waals surface area contributed by atoms with Gasteiger partial charge in [0.2, 0.25) is 11.7 Å². The molecule has 0 aromatic heterocycles. The summed E-state index contributed by atoms with van der Waals surface area (Å²) in [6, 6.07) is 11.4. The largest absolute Gasteiger partial charge is 0.481 e. The summed E-state index contributed by atoms with van der Waals surface area (Å²) in [6.07, 6.45) is -0.0191. The van der Waals surface area contributed by atoms with E-state index in [1.165, 1.54) is 6.92 Å². The van der Waals surface area contributed by atoms with Gasteiger partial charge in [-0.15, -0.1) is 0 Å². The number of benzene rings is 3. The number of fused-ring (bicyclic) bond motifs is 1. The van der Waals surface area contributed by atoms with Gasteiger partial charge in [0, 0.05) is 17.4 Å². The number of hydrogen-bond donors (Lipinski definition) is 4. The quantitative estimate of drug-likeness (QED) is 0.231. The molecule has 0 heterocycles. The van der Waals surface area contributed by atoms with Crippen LogP contribution < -0.4 is 16.2 Å². The molecule has 3 aromatic rings. The van der Waals surface area contributed by atoms with E-state index in [4.69, 9.17) is 21.3 Å². The Morgan fingerprint density at radius 2 is 1.53 bits per heavy atom. The van der Waals surface area contributed by atoms with E-state index < -0.39 is 50.7 Å². The van der Waals surface area contributed by atoms with E-state index in [0.29, 0.717) is 5.39 Å². The molecule has 0 aliphatic rings. The van der Waals surface area contributed by atoms with Gasteiger partial charge in [-0.2, -0.15) is 0 Å². The Balaban J connectivity index is 0.000000432. The molecule has 0 saturated heterocycles. The van der Waals surface area contributed by atoms with Gasteiger partial charge in [-0.3, -0.25) is 29.8 Å². The first kappa shape index (κ1) is 29.1. The molecule has 0 aliphatic carbocycles. The summed E-state index contributed by atoms with van der Waals surface area (Å²) in [5.41, 5.74) is 7.23. The van der Waals surface area contributed by atoms with Crippen LogP contribution in [0.5, 0.6) is 11.5 Å². The van der Waals surface area contributed by atoms with Gasteiger partial charge in [0.1, 0.15) is 16.9 Å². The standard InChI is InChI=1S/C19H14N2O7.C5H10N2O3/c1-10-15(19(22)23)16(20(24)25)11(2)17(21(26)27)18(10)28-14-9-5-7-12-6-3-4-8-13(12)14;6-3(5(7)10)1-2-4(8)9/h3-9H,1-2H3,(H,22,23);3H,1-2,6H2,(H2,7,10)(H,8,9). The van der Waals surface area contributed by atoms with Crippen molar-refractivity contribution in [3.05, 3.63) is 79.4 Å². The van der Waals surface area contributed by atoms with Gasteiger partial charge in [-0.1, -0.05) is 36.4 Å². The number of carbonyl (C=O) groups excluding carboxylic acids is 1. The SMILES string of the molecule is Cc1c(Oc2cccc3ccccc23)c([N+](=O)[O-])c(C)c([N+](=O)[O-])c1C(=O)O.NC(=O)C(N)CCC(=O)O. The van der Waals surface area contributed by atoms with Gasteiger partial charge in [0.15, 0.2) is 0 Å². The molecular formula is C24H24N4O10. The fraction of sp³-hybridized carbons (Fsp3) is 0.208. The first-order chi connectivity index (χ1) is 17.8. The van der Waals surface area contributed by atoms with Gasteiger partial charge in [-0.05, 0) is 31.7 Å². The number of carboxylic acid groups (broad SMARTS) is 2. The highest BCUT2D eigenvalue weighted by atomic mass is 16.6. The number of carbonyl (C=O) groups is 3. The van der Waals surface area contributed by atoms with E-state index in [0.717, 1.165) is 12.3 Å². The zero-order valence-corrected chi connectivity index (χ0v) is 20.2. The van der Waals surface area contributed by atoms with E-state index in [2.05, 4.69) is 0 Å². The Morgan fingerprint density at radius 1 is 0.947 bits per heavy atom. The lowest BCUT2D eigenvalue weighted by Crippen LogP contribution is -2.36. The predicted octanol–water partition coefficient (Wildman–Crippen LogP) is 3.43. The number of nitro groups is 2. The van der Waals surface area contributed by atoms with Crippen molar-refractivity contribution in [3.8, 4) is 11.5 Å². The zero-order valence-electron chi connectivity index (χ0n) is 20.2. The highest BCUT2D eigenvalue weighted by Crippen LogP contribution is 2.45. The molecule has 14 heteroatoms. The first-order valence-electron chi connectivity index (χ1n) is 10.9. The molecule has 0 radical (unpaired) electrons. The van der Waals surface area contributed by atoms with Crippen molar-refractivity contribution >= 4 is 40.0 Å². The maximum atomic E-state index is 11.7. The molecule has 200 valence electrons. The monoisotopic (exact) mass is 528 g/mol. The molecule has 14 nitrogen and oxygen atoms in total. The number of nitrogens with two attached hydrogens (primary N) is 2. The summed E-state index contributed by atoms with van der Waals surface area (Å²) in [5.74, 6) is -3.27. The molecule has 6 N–H and O–H groups in total. The van der Waals surface area contributed by atoms with Crippen molar-refractivity contribution in [3.63, 3.8) is 0 Å². The van der Waals surface area contributed by atoms with Crippen LogP contribution in [0.4, 0.5) is 11.4 Å². The van der Waals surface area contributed by atoms with Crippen molar-refractivity contribution in [2.45, 2.75) is 32.7 Å². The molecule has 3 rings (SSSR count). The number of ether oxygens (including phenoxy) is 1. The normalized spacial score (nSPS) is 11.1. The lowest BCUT2D eigenvalue weighted by atomic mass is 9.99. The van der Waals surface area contributed by atoms with Gasteiger partial charge >= 0.3 is 17.6 Å². The minimum Gasteiger partial charge on any atom is -0.481 e. The second kappa shape index (κ2) is 12.2. The Morgan fingerprint density at radius 3 is 2.05 bits per heavy atom. The van der Waals surface area contributed by atoms with Crippen molar-refractivity contribution in [1.29, 1.82) is 0 Å². The lowest BCUT2D eigenvalue weighted by molar-refractivity contribution is -0.395. The summed E-state index contributed by atoms with van der Waals surface area (Å²) < 4.78 is 5.79. The number of primary amides is 1. The summed E-state index contributed by atoms with van der Waals surface area (Å²) in [5, 5.41) is 42.2. The van der Waals surface area contributed by atoms with Gasteiger partial charge in [0.25, 0.3) is 5.69 Å². The minimum absolute atomic E-state index is 0.102. The number of aliphatic carboxylic acids is 1. The minimum atomic E-state index is -1.56. The van der Waals surface area contributed by atoms with Crippen LogP contribution in [0.1, 0.15) is 34.3 Å². The molecule has 1 unspecified atom stereocenters. The fourth-order valence-electron chi connectivity index (χ4n) is 3.59. The summed E-state index contributed by atoms with van der Waals surface area (Å²) in [4.78, 5) is 53.1. The van der Waals surface area contributed by atoms with Crippen LogP contribution in [-0.2, 0) is 9.59 Å². The van der Waals surface area contributed by atoms with Crippen LogP contribution in [-0.4, -0.2) is 43.9 Å².